The summed E-state index contributed by atoms with van der Waals surface area (Å²) in [5.41, 5.74) is 5.55. The maximum absolute atomic E-state index is 12.3. The summed E-state index contributed by atoms with van der Waals surface area (Å²) in [7, 11) is 0. The molecule has 0 saturated carbocycles. The number of anilines is 2. The Balaban J connectivity index is 2.05. The Labute approximate surface area is 157 Å². The van der Waals surface area contributed by atoms with E-state index < -0.39 is 29.2 Å². The number of hydrogen-bond acceptors (Lipinski definition) is 5. The molecule has 0 unspecified atom stereocenters. The summed E-state index contributed by atoms with van der Waals surface area (Å²) in [5, 5.41) is 4.89. The number of rotatable bonds is 5. The molecule has 1 atom stereocenters. The van der Waals surface area contributed by atoms with E-state index in [2.05, 4.69) is 10.6 Å². The second kappa shape index (κ2) is 8.17. The molecule has 9 heteroatoms. The predicted octanol–water partition coefficient (Wildman–Crippen LogP) is 0.00450. The molecule has 4 N–H and O–H groups in total. The first-order valence-electron chi connectivity index (χ1n) is 8.49. The van der Waals surface area contributed by atoms with E-state index in [4.69, 9.17) is 10.5 Å². The standard InChI is InChI=1S/C18H24N4O5/c1-18(2,3)17(26)21-14(15(19)24)16(25)20-11-4-6-12(7-5-11)22-8-9-27-10-13(22)23/h4-7,14H,8-10H2,1-3H3,(H2,19,24)(H,20,25)(H,21,26)/t14-/m0/s1. The van der Waals surface area contributed by atoms with E-state index in [0.29, 0.717) is 24.5 Å². The topological polar surface area (TPSA) is 131 Å². The van der Waals surface area contributed by atoms with Gasteiger partial charge >= 0.3 is 0 Å². The molecule has 0 radical (unpaired) electrons. The maximum Gasteiger partial charge on any atom is 0.256 e. The first-order chi connectivity index (χ1) is 12.6. The highest BCUT2D eigenvalue weighted by atomic mass is 16.5. The van der Waals surface area contributed by atoms with Crippen molar-refractivity contribution < 1.29 is 23.9 Å². The Morgan fingerprint density at radius 1 is 1.19 bits per heavy atom. The molecule has 1 aromatic rings. The van der Waals surface area contributed by atoms with Gasteiger partial charge in [0, 0.05) is 23.3 Å². The molecular formula is C18H24N4O5. The lowest BCUT2D eigenvalue weighted by Gasteiger charge is -2.27. The van der Waals surface area contributed by atoms with Gasteiger partial charge in [0.05, 0.1) is 6.61 Å². The van der Waals surface area contributed by atoms with Crippen LogP contribution in [-0.2, 0) is 23.9 Å². The Hall–Kier alpha value is -2.94. The van der Waals surface area contributed by atoms with Gasteiger partial charge in [0.25, 0.3) is 11.8 Å². The number of primary amides is 1. The highest BCUT2D eigenvalue weighted by Crippen LogP contribution is 2.20. The molecule has 1 aromatic carbocycles. The summed E-state index contributed by atoms with van der Waals surface area (Å²) in [4.78, 5) is 49.4. The number of carbonyl (C=O) groups is 4. The minimum Gasteiger partial charge on any atom is -0.370 e. The SMILES string of the molecule is CC(C)(C)C(=O)N[C@@H](C(N)=O)C(=O)Nc1ccc(N2CCOCC2=O)cc1. The van der Waals surface area contributed by atoms with Gasteiger partial charge in [0.15, 0.2) is 6.04 Å². The third-order valence-electron chi connectivity index (χ3n) is 3.94. The van der Waals surface area contributed by atoms with Crippen molar-refractivity contribution in [2.24, 2.45) is 11.1 Å². The van der Waals surface area contributed by atoms with Crippen LogP contribution in [0.15, 0.2) is 24.3 Å². The molecule has 1 heterocycles. The number of benzene rings is 1. The number of carbonyl (C=O) groups excluding carboxylic acids is 4. The Morgan fingerprint density at radius 3 is 2.33 bits per heavy atom. The molecule has 1 saturated heterocycles. The van der Waals surface area contributed by atoms with Gasteiger partial charge in [-0.25, -0.2) is 0 Å². The van der Waals surface area contributed by atoms with Crippen LogP contribution in [0.2, 0.25) is 0 Å². The predicted molar refractivity (Wildman–Crippen MR) is 98.8 cm³/mol. The molecule has 1 aliphatic heterocycles. The Morgan fingerprint density at radius 2 is 1.81 bits per heavy atom. The van der Waals surface area contributed by atoms with E-state index in [1.807, 2.05) is 0 Å². The van der Waals surface area contributed by atoms with Crippen LogP contribution >= 0.6 is 0 Å². The van der Waals surface area contributed by atoms with Crippen molar-refractivity contribution in [2.75, 3.05) is 30.0 Å². The first-order valence-corrected chi connectivity index (χ1v) is 8.49. The van der Waals surface area contributed by atoms with E-state index in [-0.39, 0.29) is 12.5 Å². The van der Waals surface area contributed by atoms with Gasteiger partial charge < -0.3 is 26.0 Å². The molecule has 0 aromatic heterocycles. The minimum absolute atomic E-state index is 0.0340. The summed E-state index contributed by atoms with van der Waals surface area (Å²) >= 11 is 0. The zero-order chi connectivity index (χ0) is 20.2. The Bertz CT molecular complexity index is 739. The van der Waals surface area contributed by atoms with E-state index in [1.165, 1.54) is 0 Å². The largest absolute Gasteiger partial charge is 0.370 e. The number of morpholine rings is 1. The number of amides is 4. The minimum atomic E-state index is -1.49. The fourth-order valence-electron chi connectivity index (χ4n) is 2.34. The van der Waals surface area contributed by atoms with E-state index in [1.54, 1.807) is 49.9 Å². The van der Waals surface area contributed by atoms with Gasteiger partial charge in [-0.1, -0.05) is 20.8 Å². The van der Waals surface area contributed by atoms with Crippen molar-refractivity contribution in [3.63, 3.8) is 0 Å². The number of hydrogen-bond donors (Lipinski definition) is 3. The van der Waals surface area contributed by atoms with Crippen LogP contribution in [0.4, 0.5) is 11.4 Å². The summed E-state index contributed by atoms with van der Waals surface area (Å²) in [5.74, 6) is -2.31. The third-order valence-corrected chi connectivity index (χ3v) is 3.94. The van der Waals surface area contributed by atoms with Gasteiger partial charge in [-0.2, -0.15) is 0 Å². The molecule has 1 aliphatic rings. The van der Waals surface area contributed by atoms with Crippen LogP contribution in [0.5, 0.6) is 0 Å². The lowest BCUT2D eigenvalue weighted by Crippen LogP contribution is -2.54. The lowest BCUT2D eigenvalue weighted by atomic mass is 9.95. The van der Waals surface area contributed by atoms with Crippen molar-refractivity contribution in [2.45, 2.75) is 26.8 Å². The highest BCUT2D eigenvalue weighted by molar-refractivity contribution is 6.11. The molecule has 4 amide bonds. The van der Waals surface area contributed by atoms with Gasteiger partial charge in [0.1, 0.15) is 6.61 Å². The smallest absolute Gasteiger partial charge is 0.256 e. The summed E-state index contributed by atoms with van der Waals surface area (Å²) in [6.07, 6.45) is 0. The van der Waals surface area contributed by atoms with Crippen molar-refractivity contribution >= 4 is 35.0 Å². The van der Waals surface area contributed by atoms with Crippen LogP contribution in [-0.4, -0.2) is 49.4 Å². The van der Waals surface area contributed by atoms with Crippen LogP contribution < -0.4 is 21.3 Å². The summed E-state index contributed by atoms with van der Waals surface area (Å²) in [6, 6.07) is 5.05. The molecule has 27 heavy (non-hydrogen) atoms. The number of ether oxygens (including phenoxy) is 1. The van der Waals surface area contributed by atoms with Gasteiger partial charge in [-0.05, 0) is 24.3 Å². The number of nitrogens with zero attached hydrogens (tertiary/aromatic N) is 1. The van der Waals surface area contributed by atoms with Crippen molar-refractivity contribution in [1.82, 2.24) is 5.32 Å². The number of nitrogens with one attached hydrogen (secondary N) is 2. The zero-order valence-corrected chi connectivity index (χ0v) is 15.6. The molecule has 2 rings (SSSR count). The van der Waals surface area contributed by atoms with Gasteiger partial charge in [0.2, 0.25) is 11.8 Å². The van der Waals surface area contributed by atoms with Crippen LogP contribution in [0.1, 0.15) is 20.8 Å². The van der Waals surface area contributed by atoms with Crippen LogP contribution in [0.3, 0.4) is 0 Å². The zero-order valence-electron chi connectivity index (χ0n) is 15.6. The molecule has 9 nitrogen and oxygen atoms in total. The highest BCUT2D eigenvalue weighted by Gasteiger charge is 2.31. The van der Waals surface area contributed by atoms with Crippen LogP contribution in [0, 0.1) is 5.41 Å². The molecule has 146 valence electrons. The maximum atomic E-state index is 12.3. The average Bonchev–Trinajstić information content (AvgIpc) is 2.59. The summed E-state index contributed by atoms with van der Waals surface area (Å²) < 4.78 is 5.09. The van der Waals surface area contributed by atoms with E-state index >= 15 is 0 Å². The lowest BCUT2D eigenvalue weighted by molar-refractivity contribution is -0.136. The summed E-state index contributed by atoms with van der Waals surface area (Å²) in [6.45, 7) is 5.91. The van der Waals surface area contributed by atoms with Crippen molar-refractivity contribution in [3.8, 4) is 0 Å². The second-order valence-electron chi connectivity index (χ2n) is 7.19. The Kier molecular flexibility index (Phi) is 6.17. The van der Waals surface area contributed by atoms with E-state index in [9.17, 15) is 19.2 Å². The second-order valence-corrected chi connectivity index (χ2v) is 7.19. The third kappa shape index (κ3) is 5.27. The normalized spacial score (nSPS) is 15.8. The first kappa shape index (κ1) is 20.4. The molecule has 0 aliphatic carbocycles. The van der Waals surface area contributed by atoms with Crippen molar-refractivity contribution in [1.29, 1.82) is 0 Å². The van der Waals surface area contributed by atoms with Gasteiger partial charge in [-0.15, -0.1) is 0 Å². The monoisotopic (exact) mass is 376 g/mol. The van der Waals surface area contributed by atoms with Gasteiger partial charge in [-0.3, -0.25) is 19.2 Å². The average molecular weight is 376 g/mol. The molecule has 0 spiro atoms. The molecule has 0 bridgehead atoms. The fraction of sp³-hybridized carbons (Fsp3) is 0.444. The fourth-order valence-corrected chi connectivity index (χ4v) is 2.34. The molecule has 1 fully saturated rings. The van der Waals surface area contributed by atoms with Crippen LogP contribution in [0.25, 0.3) is 0 Å². The van der Waals surface area contributed by atoms with Crippen molar-refractivity contribution in [3.05, 3.63) is 24.3 Å². The quantitative estimate of drug-likeness (QED) is 0.623. The molecular weight excluding hydrogens is 352 g/mol. The van der Waals surface area contributed by atoms with E-state index in [0.717, 1.165) is 0 Å². The number of nitrogens with two attached hydrogens (primary N) is 1.